The minimum Gasteiger partial charge on any atom is -0.481 e. The van der Waals surface area contributed by atoms with Gasteiger partial charge in [-0.3, -0.25) is 9.59 Å². The number of nitrogens with one attached hydrogen (secondary N) is 2. The zero-order valence-corrected chi connectivity index (χ0v) is 20.0. The third kappa shape index (κ3) is 4.51. The van der Waals surface area contributed by atoms with E-state index in [2.05, 4.69) is 34.9 Å². The quantitative estimate of drug-likeness (QED) is 0.468. The van der Waals surface area contributed by atoms with Gasteiger partial charge in [0, 0.05) is 18.5 Å². The number of aliphatic carboxylic acids is 1. The van der Waals surface area contributed by atoms with E-state index >= 15 is 0 Å². The van der Waals surface area contributed by atoms with Crippen molar-refractivity contribution >= 4 is 18.0 Å². The molecule has 0 spiro atoms. The Hall–Kier alpha value is -3.35. The third-order valence-corrected chi connectivity index (χ3v) is 8.05. The van der Waals surface area contributed by atoms with Crippen LogP contribution in [0.2, 0.25) is 0 Å². The number of hydrogen-bond acceptors (Lipinski definition) is 4. The van der Waals surface area contributed by atoms with Crippen LogP contribution in [0, 0.1) is 17.3 Å². The number of carbonyl (C=O) groups is 3. The number of carboxylic acids is 1. The molecule has 2 fully saturated rings. The Kier molecular flexibility index (Phi) is 6.26. The number of alkyl carbamates (subject to hydrolysis) is 1. The van der Waals surface area contributed by atoms with Crippen LogP contribution in [-0.2, 0) is 14.3 Å². The summed E-state index contributed by atoms with van der Waals surface area (Å²) in [6, 6.07) is 16.4. The number of ether oxygens (including phenoxy) is 1. The second-order valence-corrected chi connectivity index (χ2v) is 10.3. The lowest BCUT2D eigenvalue weighted by Crippen LogP contribution is -2.38. The monoisotopic (exact) mass is 476 g/mol. The summed E-state index contributed by atoms with van der Waals surface area (Å²) in [5.74, 6) is -0.876. The molecule has 7 heteroatoms. The van der Waals surface area contributed by atoms with Gasteiger partial charge in [0.1, 0.15) is 6.61 Å². The fourth-order valence-electron chi connectivity index (χ4n) is 6.00. The zero-order chi connectivity index (χ0) is 24.6. The van der Waals surface area contributed by atoms with Gasteiger partial charge in [-0.25, -0.2) is 4.79 Å². The first kappa shape index (κ1) is 23.4. The summed E-state index contributed by atoms with van der Waals surface area (Å²) in [6.07, 6.45) is 3.01. The van der Waals surface area contributed by atoms with Crippen LogP contribution in [0.4, 0.5) is 4.79 Å². The molecule has 2 aromatic carbocycles. The number of benzene rings is 2. The van der Waals surface area contributed by atoms with Crippen LogP contribution in [0.1, 0.15) is 56.1 Å². The van der Waals surface area contributed by atoms with E-state index in [4.69, 9.17) is 9.84 Å². The van der Waals surface area contributed by atoms with E-state index in [1.54, 1.807) is 6.92 Å². The van der Waals surface area contributed by atoms with Gasteiger partial charge < -0.3 is 20.5 Å². The molecule has 4 atom stereocenters. The van der Waals surface area contributed by atoms with Crippen LogP contribution in [0.5, 0.6) is 0 Å². The summed E-state index contributed by atoms with van der Waals surface area (Å²) in [5.41, 5.74) is 4.35. The average molecular weight is 477 g/mol. The lowest BCUT2D eigenvalue weighted by atomic mass is 9.98. The number of amides is 2. The molecule has 0 aromatic heterocycles. The van der Waals surface area contributed by atoms with Gasteiger partial charge in [0.15, 0.2) is 0 Å². The second-order valence-electron chi connectivity index (χ2n) is 10.3. The van der Waals surface area contributed by atoms with E-state index in [0.29, 0.717) is 31.7 Å². The van der Waals surface area contributed by atoms with E-state index in [9.17, 15) is 14.4 Å². The minimum absolute atomic E-state index is 0.0195. The largest absolute Gasteiger partial charge is 0.481 e. The topological polar surface area (TPSA) is 105 Å². The van der Waals surface area contributed by atoms with Crippen molar-refractivity contribution in [2.24, 2.45) is 17.3 Å². The Morgan fingerprint density at radius 2 is 1.71 bits per heavy atom. The van der Waals surface area contributed by atoms with Crippen molar-refractivity contribution in [2.75, 3.05) is 13.2 Å². The highest BCUT2D eigenvalue weighted by Crippen LogP contribution is 2.63. The van der Waals surface area contributed by atoms with E-state index in [-0.39, 0.29) is 29.9 Å². The van der Waals surface area contributed by atoms with Crippen molar-refractivity contribution < 1.29 is 24.2 Å². The first-order chi connectivity index (χ1) is 16.9. The number of carboxylic acid groups (broad SMARTS) is 1. The van der Waals surface area contributed by atoms with Gasteiger partial charge in [-0.2, -0.15) is 0 Å². The van der Waals surface area contributed by atoms with Gasteiger partial charge in [-0.15, -0.1) is 0 Å². The van der Waals surface area contributed by atoms with Crippen LogP contribution in [0.15, 0.2) is 48.5 Å². The van der Waals surface area contributed by atoms with E-state index in [1.807, 2.05) is 24.3 Å². The lowest BCUT2D eigenvalue weighted by Gasteiger charge is -2.19. The SMILES string of the molecule is CC(CCCNC(=O)[C@]12C[C@H](NC(=O)OCC3c4ccccc4-c4ccccc43)C[C@H]1C2)C(=O)O. The average Bonchev–Trinajstić information content (AvgIpc) is 3.28. The fourth-order valence-corrected chi connectivity index (χ4v) is 6.00. The van der Waals surface area contributed by atoms with Gasteiger partial charge in [0.2, 0.25) is 5.91 Å². The summed E-state index contributed by atoms with van der Waals surface area (Å²) in [4.78, 5) is 36.3. The molecule has 0 radical (unpaired) electrons. The molecule has 3 N–H and O–H groups in total. The highest BCUT2D eigenvalue weighted by Gasteiger charge is 2.65. The predicted octanol–water partition coefficient (Wildman–Crippen LogP) is 4.31. The molecule has 35 heavy (non-hydrogen) atoms. The van der Waals surface area contributed by atoms with Crippen LogP contribution in [0.3, 0.4) is 0 Å². The Bertz CT molecular complexity index is 1100. The molecule has 0 saturated heterocycles. The standard InChI is InChI=1S/C28H32N2O5/c1-17(25(31)32)7-6-12-29-26(33)28-14-18(28)13-19(15-28)30-27(34)35-16-24-22-10-4-2-8-20(22)21-9-3-5-11-23(21)24/h2-5,8-11,17-19,24H,6-7,12-16H2,1H3,(H,29,33)(H,30,34)(H,31,32)/t17?,18-,19+,28+/m0/s1. The second kappa shape index (κ2) is 9.36. The highest BCUT2D eigenvalue weighted by molar-refractivity contribution is 5.87. The first-order valence-corrected chi connectivity index (χ1v) is 12.5. The molecule has 184 valence electrons. The maximum atomic E-state index is 12.8. The molecule has 0 aliphatic heterocycles. The molecular formula is C28H32N2O5. The summed E-state index contributed by atoms with van der Waals surface area (Å²) in [5, 5.41) is 14.9. The van der Waals surface area contributed by atoms with Crippen molar-refractivity contribution in [3.8, 4) is 11.1 Å². The molecule has 3 aliphatic carbocycles. The number of rotatable bonds is 9. The Morgan fingerprint density at radius 3 is 2.37 bits per heavy atom. The Balaban J connectivity index is 1.10. The van der Waals surface area contributed by atoms with Crippen LogP contribution < -0.4 is 10.6 Å². The van der Waals surface area contributed by atoms with Crippen molar-refractivity contribution in [3.63, 3.8) is 0 Å². The van der Waals surface area contributed by atoms with Gasteiger partial charge in [0.05, 0.1) is 11.3 Å². The molecule has 2 saturated carbocycles. The molecule has 0 bridgehead atoms. The van der Waals surface area contributed by atoms with Crippen molar-refractivity contribution in [2.45, 2.75) is 51.0 Å². The maximum absolute atomic E-state index is 12.8. The Labute approximate surface area is 205 Å². The molecule has 2 amide bonds. The summed E-state index contributed by atoms with van der Waals surface area (Å²) < 4.78 is 5.67. The smallest absolute Gasteiger partial charge is 0.407 e. The van der Waals surface area contributed by atoms with Crippen LogP contribution in [0.25, 0.3) is 11.1 Å². The molecule has 0 heterocycles. The van der Waals surface area contributed by atoms with Crippen LogP contribution >= 0.6 is 0 Å². The minimum atomic E-state index is -0.810. The number of hydrogen-bond donors (Lipinski definition) is 3. The molecule has 7 nitrogen and oxygen atoms in total. The lowest BCUT2D eigenvalue weighted by molar-refractivity contribution is -0.141. The van der Waals surface area contributed by atoms with Gasteiger partial charge >= 0.3 is 12.1 Å². The first-order valence-electron chi connectivity index (χ1n) is 12.5. The van der Waals surface area contributed by atoms with Crippen molar-refractivity contribution in [3.05, 3.63) is 59.7 Å². The summed E-state index contributed by atoms with van der Waals surface area (Å²) in [7, 11) is 0. The Morgan fingerprint density at radius 1 is 1.06 bits per heavy atom. The maximum Gasteiger partial charge on any atom is 0.407 e. The van der Waals surface area contributed by atoms with Gasteiger partial charge in [0.25, 0.3) is 0 Å². The number of fused-ring (bicyclic) bond motifs is 4. The van der Waals surface area contributed by atoms with E-state index < -0.39 is 18.0 Å². The normalized spacial score (nSPS) is 24.6. The van der Waals surface area contributed by atoms with Gasteiger partial charge in [-0.05, 0) is 60.3 Å². The van der Waals surface area contributed by atoms with E-state index in [0.717, 1.165) is 12.8 Å². The fraction of sp³-hybridized carbons (Fsp3) is 0.464. The predicted molar refractivity (Wildman–Crippen MR) is 131 cm³/mol. The molecule has 3 aliphatic rings. The number of carbonyl (C=O) groups excluding carboxylic acids is 2. The van der Waals surface area contributed by atoms with Crippen molar-refractivity contribution in [1.29, 1.82) is 0 Å². The van der Waals surface area contributed by atoms with Crippen molar-refractivity contribution in [1.82, 2.24) is 10.6 Å². The molecule has 5 rings (SSSR count). The molecule has 1 unspecified atom stereocenters. The molecular weight excluding hydrogens is 444 g/mol. The van der Waals surface area contributed by atoms with Gasteiger partial charge in [-0.1, -0.05) is 55.5 Å². The van der Waals surface area contributed by atoms with Crippen LogP contribution in [-0.4, -0.2) is 42.3 Å². The molecule has 2 aromatic rings. The highest BCUT2D eigenvalue weighted by atomic mass is 16.5. The summed E-state index contributed by atoms with van der Waals surface area (Å²) >= 11 is 0. The van der Waals surface area contributed by atoms with E-state index in [1.165, 1.54) is 22.3 Å². The summed E-state index contributed by atoms with van der Waals surface area (Å²) in [6.45, 7) is 2.43. The third-order valence-electron chi connectivity index (χ3n) is 8.05. The zero-order valence-electron chi connectivity index (χ0n) is 20.0.